The van der Waals surface area contributed by atoms with Crippen molar-refractivity contribution >= 4 is 11.6 Å². The van der Waals surface area contributed by atoms with Crippen LogP contribution in [0.1, 0.15) is 48.8 Å². The smallest absolute Gasteiger partial charge is 0.0441 e. The Morgan fingerprint density at radius 2 is 2.22 bits per heavy atom. The highest BCUT2D eigenvalue weighted by Crippen LogP contribution is 2.39. The van der Waals surface area contributed by atoms with Crippen LogP contribution in [0.15, 0.2) is 12.1 Å². The Morgan fingerprint density at radius 3 is 3.06 bits per heavy atom. The molecule has 98 valence electrons. The van der Waals surface area contributed by atoms with Gasteiger partial charge in [-0.25, -0.2) is 0 Å². The van der Waals surface area contributed by atoms with Crippen LogP contribution < -0.4 is 0 Å². The van der Waals surface area contributed by atoms with E-state index in [1.54, 1.807) is 11.1 Å². The minimum Gasteiger partial charge on any atom is -0.302 e. The van der Waals surface area contributed by atoms with Crippen molar-refractivity contribution in [2.24, 2.45) is 0 Å². The largest absolute Gasteiger partial charge is 0.302 e. The second-order valence-electron chi connectivity index (χ2n) is 5.74. The van der Waals surface area contributed by atoms with E-state index in [0.717, 1.165) is 17.4 Å². The molecule has 0 saturated heterocycles. The SMILES string of the molecule is CCCN1CCc2c(Cl)ccc3c2[C@H](CCC3)C1. The summed E-state index contributed by atoms with van der Waals surface area (Å²) in [5, 5.41) is 0.999. The Kier molecular flexibility index (Phi) is 3.63. The number of rotatable bonds is 2. The third-order valence-electron chi connectivity index (χ3n) is 4.49. The zero-order chi connectivity index (χ0) is 12.5. The molecule has 1 aliphatic heterocycles. The van der Waals surface area contributed by atoms with Gasteiger partial charge in [0.25, 0.3) is 0 Å². The zero-order valence-electron chi connectivity index (χ0n) is 11.2. The second kappa shape index (κ2) is 5.22. The predicted molar refractivity (Wildman–Crippen MR) is 77.6 cm³/mol. The Labute approximate surface area is 115 Å². The van der Waals surface area contributed by atoms with Gasteiger partial charge in [-0.2, -0.15) is 0 Å². The Bertz CT molecular complexity index is 441. The minimum absolute atomic E-state index is 0.733. The fourth-order valence-corrected chi connectivity index (χ4v) is 3.98. The van der Waals surface area contributed by atoms with E-state index in [2.05, 4.69) is 24.0 Å². The van der Waals surface area contributed by atoms with E-state index in [1.165, 1.54) is 50.9 Å². The first-order chi connectivity index (χ1) is 8.79. The van der Waals surface area contributed by atoms with Gasteiger partial charge in [0, 0.05) is 18.1 Å². The minimum atomic E-state index is 0.733. The van der Waals surface area contributed by atoms with Gasteiger partial charge in [-0.15, -0.1) is 0 Å². The highest BCUT2D eigenvalue weighted by atomic mass is 35.5. The van der Waals surface area contributed by atoms with Crippen molar-refractivity contribution < 1.29 is 0 Å². The van der Waals surface area contributed by atoms with Gasteiger partial charge in [0.2, 0.25) is 0 Å². The molecule has 2 aliphatic rings. The van der Waals surface area contributed by atoms with Crippen LogP contribution in [0.5, 0.6) is 0 Å². The average Bonchev–Trinajstić information content (AvgIpc) is 2.56. The van der Waals surface area contributed by atoms with Crippen molar-refractivity contribution in [2.75, 3.05) is 19.6 Å². The summed E-state index contributed by atoms with van der Waals surface area (Å²) in [6.07, 6.45) is 6.34. The molecule has 1 atom stereocenters. The zero-order valence-corrected chi connectivity index (χ0v) is 12.0. The van der Waals surface area contributed by atoms with E-state index in [9.17, 15) is 0 Å². The third-order valence-corrected chi connectivity index (χ3v) is 4.85. The van der Waals surface area contributed by atoms with Crippen LogP contribution in [0.25, 0.3) is 0 Å². The van der Waals surface area contributed by atoms with Crippen molar-refractivity contribution in [3.8, 4) is 0 Å². The summed E-state index contributed by atoms with van der Waals surface area (Å²) in [6.45, 7) is 5.93. The highest BCUT2D eigenvalue weighted by molar-refractivity contribution is 6.31. The van der Waals surface area contributed by atoms with Crippen LogP contribution in [0.2, 0.25) is 5.02 Å². The molecular formula is C16H22ClN. The summed E-state index contributed by atoms with van der Waals surface area (Å²) in [4.78, 5) is 2.64. The monoisotopic (exact) mass is 263 g/mol. The summed E-state index contributed by atoms with van der Waals surface area (Å²) in [5.41, 5.74) is 4.65. The van der Waals surface area contributed by atoms with E-state index >= 15 is 0 Å². The number of nitrogens with zero attached hydrogens (tertiary/aromatic N) is 1. The third kappa shape index (κ3) is 2.19. The molecular weight excluding hydrogens is 242 g/mol. The van der Waals surface area contributed by atoms with Crippen molar-refractivity contribution in [3.05, 3.63) is 33.8 Å². The molecule has 0 radical (unpaired) electrons. The van der Waals surface area contributed by atoms with E-state index in [4.69, 9.17) is 11.6 Å². The molecule has 0 bridgehead atoms. The first kappa shape index (κ1) is 12.5. The Balaban J connectivity index is 1.99. The van der Waals surface area contributed by atoms with Crippen LogP contribution in [0.4, 0.5) is 0 Å². The lowest BCUT2D eigenvalue weighted by molar-refractivity contribution is 0.260. The van der Waals surface area contributed by atoms with Crippen LogP contribution >= 0.6 is 11.6 Å². The average molecular weight is 264 g/mol. The standard InChI is InChI=1S/C16H22ClN/c1-2-9-18-10-8-14-15(17)7-6-12-4-3-5-13(11-18)16(12)14/h6-7,13H,2-5,8-11H2,1H3/t13-/m1/s1. The number of halogens is 1. The molecule has 1 aliphatic carbocycles. The van der Waals surface area contributed by atoms with Gasteiger partial charge in [-0.05, 0) is 67.3 Å². The molecule has 0 unspecified atom stereocenters. The maximum Gasteiger partial charge on any atom is 0.0441 e. The lowest BCUT2D eigenvalue weighted by Gasteiger charge is -2.29. The van der Waals surface area contributed by atoms with Crippen molar-refractivity contribution in [3.63, 3.8) is 0 Å². The van der Waals surface area contributed by atoms with E-state index in [-0.39, 0.29) is 0 Å². The van der Waals surface area contributed by atoms with Gasteiger partial charge >= 0.3 is 0 Å². The molecule has 18 heavy (non-hydrogen) atoms. The fourth-order valence-electron chi connectivity index (χ4n) is 3.73. The molecule has 1 nitrogen and oxygen atoms in total. The van der Waals surface area contributed by atoms with Crippen LogP contribution in [-0.2, 0) is 12.8 Å². The first-order valence-corrected chi connectivity index (χ1v) is 7.70. The van der Waals surface area contributed by atoms with Crippen molar-refractivity contribution in [2.45, 2.75) is 44.9 Å². The van der Waals surface area contributed by atoms with E-state index in [0.29, 0.717) is 0 Å². The molecule has 3 rings (SSSR count). The normalized spacial score (nSPS) is 23.6. The van der Waals surface area contributed by atoms with Gasteiger partial charge in [0.05, 0.1) is 0 Å². The molecule has 0 N–H and O–H groups in total. The summed E-state index contributed by atoms with van der Waals surface area (Å²) in [6, 6.07) is 4.39. The number of hydrogen-bond acceptors (Lipinski definition) is 1. The van der Waals surface area contributed by atoms with Gasteiger partial charge in [0.1, 0.15) is 0 Å². The quantitative estimate of drug-likeness (QED) is 0.779. The van der Waals surface area contributed by atoms with Crippen LogP contribution in [0, 0.1) is 0 Å². The molecule has 0 saturated carbocycles. The fraction of sp³-hybridized carbons (Fsp3) is 0.625. The molecule has 2 heteroatoms. The lowest BCUT2D eigenvalue weighted by Crippen LogP contribution is -2.30. The molecule has 1 aromatic carbocycles. The molecule has 0 amide bonds. The van der Waals surface area contributed by atoms with Gasteiger partial charge < -0.3 is 4.90 Å². The number of benzene rings is 1. The van der Waals surface area contributed by atoms with E-state index in [1.807, 2.05) is 0 Å². The maximum atomic E-state index is 6.44. The van der Waals surface area contributed by atoms with Crippen LogP contribution in [0.3, 0.4) is 0 Å². The van der Waals surface area contributed by atoms with Crippen molar-refractivity contribution in [1.82, 2.24) is 4.90 Å². The predicted octanol–water partition coefficient (Wildman–Crippen LogP) is 4.03. The lowest BCUT2D eigenvalue weighted by atomic mass is 9.80. The number of aryl methyl sites for hydroxylation is 1. The van der Waals surface area contributed by atoms with Gasteiger partial charge in [-0.3, -0.25) is 0 Å². The molecule has 0 spiro atoms. The Hall–Kier alpha value is -0.530. The molecule has 1 heterocycles. The van der Waals surface area contributed by atoms with Gasteiger partial charge in [-0.1, -0.05) is 24.6 Å². The summed E-state index contributed by atoms with van der Waals surface area (Å²) in [5.74, 6) is 0.733. The summed E-state index contributed by atoms with van der Waals surface area (Å²) in [7, 11) is 0. The maximum absolute atomic E-state index is 6.44. The molecule has 0 fully saturated rings. The first-order valence-electron chi connectivity index (χ1n) is 7.32. The topological polar surface area (TPSA) is 3.24 Å². The number of hydrogen-bond donors (Lipinski definition) is 0. The van der Waals surface area contributed by atoms with Crippen molar-refractivity contribution in [1.29, 1.82) is 0 Å². The molecule has 0 aromatic heterocycles. The second-order valence-corrected chi connectivity index (χ2v) is 6.15. The Morgan fingerprint density at radius 1 is 1.33 bits per heavy atom. The summed E-state index contributed by atoms with van der Waals surface area (Å²) < 4.78 is 0. The highest BCUT2D eigenvalue weighted by Gasteiger charge is 2.28. The van der Waals surface area contributed by atoms with E-state index < -0.39 is 0 Å². The molecule has 1 aromatic rings. The summed E-state index contributed by atoms with van der Waals surface area (Å²) >= 11 is 6.44. The van der Waals surface area contributed by atoms with Crippen LogP contribution in [-0.4, -0.2) is 24.5 Å². The van der Waals surface area contributed by atoms with Gasteiger partial charge in [0.15, 0.2) is 0 Å².